The fourth-order valence-corrected chi connectivity index (χ4v) is 3.54. The summed E-state index contributed by atoms with van der Waals surface area (Å²) < 4.78 is 5.56. The molecular weight excluding hydrogens is 406 g/mol. The number of para-hydroxylation sites is 1. The maximum absolute atomic E-state index is 13.2. The van der Waals surface area contributed by atoms with E-state index < -0.39 is 6.04 Å². The van der Waals surface area contributed by atoms with Gasteiger partial charge in [0, 0.05) is 12.2 Å². The van der Waals surface area contributed by atoms with Crippen LogP contribution in [-0.4, -0.2) is 41.9 Å². The fourth-order valence-electron chi connectivity index (χ4n) is 3.54. The number of nitrogens with zero attached hydrogens (tertiary/aromatic N) is 2. The van der Waals surface area contributed by atoms with Gasteiger partial charge in [-0.1, -0.05) is 39.0 Å². The average Bonchev–Trinajstić information content (AvgIpc) is 3.01. The van der Waals surface area contributed by atoms with Gasteiger partial charge in [-0.15, -0.1) is 0 Å². The Kier molecular flexibility index (Phi) is 7.87. The lowest BCUT2D eigenvalue weighted by Gasteiger charge is -2.22. The maximum atomic E-state index is 13.2. The molecular formula is C25H31N3O4. The van der Waals surface area contributed by atoms with Crippen molar-refractivity contribution in [3.05, 3.63) is 54.6 Å². The second kappa shape index (κ2) is 10.8. The lowest BCUT2D eigenvalue weighted by atomic mass is 10.1. The number of nitrogens with one attached hydrogen (secondary N) is 1. The Bertz CT molecular complexity index is 928. The Morgan fingerprint density at radius 1 is 1.06 bits per heavy atom. The molecule has 0 bridgehead atoms. The van der Waals surface area contributed by atoms with Gasteiger partial charge < -0.3 is 15.0 Å². The third kappa shape index (κ3) is 5.66. The topological polar surface area (TPSA) is 79.0 Å². The highest BCUT2D eigenvalue weighted by Gasteiger charge is 2.46. The number of ether oxygens (including phenoxy) is 1. The molecule has 4 amide bonds. The third-order valence-corrected chi connectivity index (χ3v) is 5.27. The van der Waals surface area contributed by atoms with E-state index in [1.165, 1.54) is 9.80 Å². The average molecular weight is 438 g/mol. The van der Waals surface area contributed by atoms with Crippen molar-refractivity contribution in [2.24, 2.45) is 5.92 Å². The first-order valence-electron chi connectivity index (χ1n) is 11.1. The molecule has 1 aliphatic heterocycles. The minimum atomic E-state index is -0.825. The van der Waals surface area contributed by atoms with Crippen molar-refractivity contribution < 1.29 is 19.1 Å². The lowest BCUT2D eigenvalue weighted by molar-refractivity contribution is -0.124. The van der Waals surface area contributed by atoms with E-state index in [0.29, 0.717) is 30.4 Å². The Morgan fingerprint density at radius 3 is 2.38 bits per heavy atom. The highest BCUT2D eigenvalue weighted by atomic mass is 16.5. The van der Waals surface area contributed by atoms with Gasteiger partial charge in [0.15, 0.2) is 0 Å². The monoisotopic (exact) mass is 437 g/mol. The summed E-state index contributed by atoms with van der Waals surface area (Å²) in [4.78, 5) is 41.7. The lowest BCUT2D eigenvalue weighted by Crippen LogP contribution is -2.39. The van der Waals surface area contributed by atoms with Crippen molar-refractivity contribution in [3.63, 3.8) is 0 Å². The molecule has 0 radical (unpaired) electrons. The summed E-state index contributed by atoms with van der Waals surface area (Å²) in [5.74, 6) is 0.414. The minimum absolute atomic E-state index is 0.0971. The molecule has 0 saturated carbocycles. The molecule has 170 valence electrons. The number of anilines is 2. The predicted octanol–water partition coefficient (Wildman–Crippen LogP) is 4.69. The van der Waals surface area contributed by atoms with E-state index in [1.807, 2.05) is 13.0 Å². The van der Waals surface area contributed by atoms with Crippen LogP contribution in [0.15, 0.2) is 54.6 Å². The molecule has 1 atom stereocenters. The molecule has 32 heavy (non-hydrogen) atoms. The predicted molar refractivity (Wildman–Crippen MR) is 125 cm³/mol. The normalized spacial score (nSPS) is 16.1. The third-order valence-electron chi connectivity index (χ3n) is 5.27. The maximum Gasteiger partial charge on any atom is 0.332 e. The van der Waals surface area contributed by atoms with Gasteiger partial charge in [0.25, 0.3) is 5.91 Å². The van der Waals surface area contributed by atoms with Crippen molar-refractivity contribution in [2.75, 3.05) is 23.4 Å². The van der Waals surface area contributed by atoms with Crippen molar-refractivity contribution in [3.8, 4) is 5.75 Å². The number of hydrogen-bond donors (Lipinski definition) is 1. The molecule has 2 aromatic carbocycles. The summed E-state index contributed by atoms with van der Waals surface area (Å²) >= 11 is 0. The summed E-state index contributed by atoms with van der Waals surface area (Å²) in [7, 11) is 0. The molecule has 0 spiro atoms. The van der Waals surface area contributed by atoms with Gasteiger partial charge in [-0.3, -0.25) is 9.59 Å². The largest absolute Gasteiger partial charge is 0.494 e. The van der Waals surface area contributed by atoms with E-state index in [0.717, 1.165) is 18.6 Å². The molecule has 2 aromatic rings. The standard InChI is InChI=1S/C25H31N3O4/c1-4-16-32-21-12-10-19(11-13-21)26-23(29)17-22-24(30)28(20-8-6-5-7-9-20)25(31)27(22)15-14-18(2)3/h5-13,18,22H,4,14-17H2,1-3H3,(H,26,29)/t22-/m0/s1. The highest BCUT2D eigenvalue weighted by Crippen LogP contribution is 2.28. The molecule has 1 aliphatic rings. The second-order valence-corrected chi connectivity index (χ2v) is 8.31. The van der Waals surface area contributed by atoms with Crippen LogP contribution in [0.1, 0.15) is 40.0 Å². The van der Waals surface area contributed by atoms with Gasteiger partial charge in [0.05, 0.1) is 18.7 Å². The van der Waals surface area contributed by atoms with E-state index >= 15 is 0 Å². The second-order valence-electron chi connectivity index (χ2n) is 8.31. The first kappa shape index (κ1) is 23.3. The van der Waals surface area contributed by atoms with Crippen LogP contribution in [-0.2, 0) is 9.59 Å². The van der Waals surface area contributed by atoms with E-state index in [4.69, 9.17) is 4.74 Å². The molecule has 1 heterocycles. The summed E-state index contributed by atoms with van der Waals surface area (Å²) in [6, 6.07) is 14.7. The minimum Gasteiger partial charge on any atom is -0.494 e. The number of carbonyl (C=O) groups is 3. The number of amides is 4. The van der Waals surface area contributed by atoms with Crippen LogP contribution in [0.3, 0.4) is 0 Å². The van der Waals surface area contributed by atoms with E-state index in [-0.39, 0.29) is 24.3 Å². The number of imide groups is 1. The molecule has 7 heteroatoms. The fraction of sp³-hybridized carbons (Fsp3) is 0.400. The van der Waals surface area contributed by atoms with E-state index in [9.17, 15) is 14.4 Å². The zero-order valence-electron chi connectivity index (χ0n) is 18.9. The number of urea groups is 1. The number of benzene rings is 2. The van der Waals surface area contributed by atoms with Crippen LogP contribution in [0.4, 0.5) is 16.2 Å². The zero-order valence-corrected chi connectivity index (χ0v) is 18.9. The molecule has 0 aliphatic carbocycles. The smallest absolute Gasteiger partial charge is 0.332 e. The Hall–Kier alpha value is -3.35. The van der Waals surface area contributed by atoms with Gasteiger partial charge in [0.2, 0.25) is 5.91 Å². The van der Waals surface area contributed by atoms with Crippen molar-refractivity contribution >= 4 is 29.2 Å². The van der Waals surface area contributed by atoms with Crippen LogP contribution in [0, 0.1) is 5.92 Å². The van der Waals surface area contributed by atoms with E-state index in [1.54, 1.807) is 48.5 Å². The van der Waals surface area contributed by atoms with Gasteiger partial charge in [-0.05, 0) is 55.2 Å². The molecule has 3 rings (SSSR count). The van der Waals surface area contributed by atoms with Crippen LogP contribution < -0.4 is 15.0 Å². The first-order chi connectivity index (χ1) is 15.4. The summed E-state index contributed by atoms with van der Waals surface area (Å²) in [5, 5.41) is 2.82. The number of carbonyl (C=O) groups excluding carboxylic acids is 3. The first-order valence-corrected chi connectivity index (χ1v) is 11.1. The summed E-state index contributed by atoms with van der Waals surface area (Å²) in [5.41, 5.74) is 1.13. The Morgan fingerprint density at radius 2 is 1.75 bits per heavy atom. The summed E-state index contributed by atoms with van der Waals surface area (Å²) in [6.45, 7) is 7.22. The number of rotatable bonds is 10. The van der Waals surface area contributed by atoms with Gasteiger partial charge in [-0.25, -0.2) is 9.69 Å². The molecule has 1 fully saturated rings. The Labute approximate surface area is 189 Å². The quantitative estimate of drug-likeness (QED) is 0.547. The van der Waals surface area contributed by atoms with Crippen LogP contribution >= 0.6 is 0 Å². The summed E-state index contributed by atoms with van der Waals surface area (Å²) in [6.07, 6.45) is 1.57. The van der Waals surface area contributed by atoms with Crippen molar-refractivity contribution in [1.82, 2.24) is 4.90 Å². The van der Waals surface area contributed by atoms with Crippen molar-refractivity contribution in [1.29, 1.82) is 0 Å². The molecule has 1 saturated heterocycles. The molecule has 1 N–H and O–H groups in total. The van der Waals surface area contributed by atoms with Gasteiger partial charge >= 0.3 is 6.03 Å². The molecule has 0 aromatic heterocycles. The SMILES string of the molecule is CCCOc1ccc(NC(=O)C[C@H]2C(=O)N(c3ccccc3)C(=O)N2CCC(C)C)cc1. The van der Waals surface area contributed by atoms with E-state index in [2.05, 4.69) is 19.2 Å². The van der Waals surface area contributed by atoms with Crippen LogP contribution in [0.5, 0.6) is 5.75 Å². The molecule has 7 nitrogen and oxygen atoms in total. The van der Waals surface area contributed by atoms with Crippen LogP contribution in [0.2, 0.25) is 0 Å². The van der Waals surface area contributed by atoms with Crippen molar-refractivity contribution in [2.45, 2.75) is 46.1 Å². The van der Waals surface area contributed by atoms with Crippen LogP contribution in [0.25, 0.3) is 0 Å². The van der Waals surface area contributed by atoms with Gasteiger partial charge in [-0.2, -0.15) is 0 Å². The Balaban J connectivity index is 1.72. The highest BCUT2D eigenvalue weighted by molar-refractivity contribution is 6.22. The molecule has 0 unspecified atom stereocenters. The number of hydrogen-bond acceptors (Lipinski definition) is 4. The zero-order chi connectivity index (χ0) is 23.1. The van der Waals surface area contributed by atoms with Gasteiger partial charge in [0.1, 0.15) is 11.8 Å².